The number of rotatable bonds is 69. The van der Waals surface area contributed by atoms with Gasteiger partial charge in [-0.3, -0.25) is 13.8 Å². The number of quaternary nitrogens is 1. The Bertz CT molecular complexity index is 1510. The molecule has 0 heterocycles. The van der Waals surface area contributed by atoms with Crippen molar-refractivity contribution in [1.82, 2.24) is 5.32 Å². The van der Waals surface area contributed by atoms with E-state index in [1.54, 1.807) is 6.08 Å². The molecule has 0 aromatic heterocycles. The summed E-state index contributed by atoms with van der Waals surface area (Å²) in [5.41, 5.74) is 0. The van der Waals surface area contributed by atoms with Crippen LogP contribution in [0.25, 0.3) is 0 Å². The van der Waals surface area contributed by atoms with Crippen LogP contribution >= 0.6 is 7.82 Å². The molecule has 0 radical (unpaired) electrons. The molecule has 0 saturated carbocycles. The van der Waals surface area contributed by atoms with Gasteiger partial charge in [0.2, 0.25) is 5.91 Å². The molecule has 8 nitrogen and oxygen atoms in total. The van der Waals surface area contributed by atoms with E-state index in [2.05, 4.69) is 55.6 Å². The van der Waals surface area contributed by atoms with E-state index in [4.69, 9.17) is 9.05 Å². The third-order valence-electron chi connectivity index (χ3n) is 17.0. The summed E-state index contributed by atoms with van der Waals surface area (Å²) >= 11 is 0. The highest BCUT2D eigenvalue weighted by molar-refractivity contribution is 7.47. The van der Waals surface area contributed by atoms with Crippen LogP contribution in [0, 0.1) is 0 Å². The van der Waals surface area contributed by atoms with Gasteiger partial charge in [0.05, 0.1) is 39.9 Å². The summed E-state index contributed by atoms with van der Waals surface area (Å²) in [5.74, 6) is -0.170. The number of amides is 1. The number of hydrogen-bond acceptors (Lipinski definition) is 5. The molecule has 0 aliphatic heterocycles. The molecule has 0 rings (SSSR count). The Morgan fingerprint density at radius 2 is 0.679 bits per heavy atom. The van der Waals surface area contributed by atoms with Crippen LogP contribution < -0.4 is 5.32 Å². The number of nitrogens with one attached hydrogen (secondary N) is 1. The number of carbonyl (C=O) groups is 1. The SMILES string of the molecule is CCCCCCC/C=C\C/C=C\C/C=C\CCCCCCCCCCCCCCCCCCCCC(=O)NC(COP(=O)(O)OCC[N+](C)(C)C)C(O)/C=C/CCCCCCCCCCCCCCCCCCCCCCCCCCCCC. The topological polar surface area (TPSA) is 105 Å². The number of carbonyl (C=O) groups excluding carboxylic acids is 1. The maximum absolute atomic E-state index is 13.1. The zero-order valence-corrected chi connectivity index (χ0v) is 57.8. The first-order valence-electron chi connectivity index (χ1n) is 37.0. The summed E-state index contributed by atoms with van der Waals surface area (Å²) in [6.07, 6.45) is 89.9. The standard InChI is InChI=1S/C75H145N2O6P/c1-6-8-10-12-14-16-18-20-22-24-26-28-30-32-34-36-37-38-39-41-43-45-47-49-51-53-55-57-59-61-63-65-67-69-75(79)76-73(72-83-84(80,81)82-71-70-77(3,4)5)74(78)68-66-64-62-60-58-56-54-52-50-48-46-44-42-40-35-33-31-29-27-25-23-21-19-17-15-13-11-9-7-2/h18,20,24,26,30,32,66,68,73-74,78H,6-17,19,21-23,25,27-29,31,33-65,67,69-72H2,1-5H3,(H-,76,79,80,81)/p+1/b20-18-,26-24-,32-30-,68-66+. The average Bonchev–Trinajstić information content (AvgIpc) is 3.56. The van der Waals surface area contributed by atoms with Crippen molar-refractivity contribution in [1.29, 1.82) is 0 Å². The molecule has 0 aliphatic carbocycles. The van der Waals surface area contributed by atoms with Crippen LogP contribution in [0.4, 0.5) is 0 Å². The summed E-state index contributed by atoms with van der Waals surface area (Å²) in [6.45, 7) is 4.86. The van der Waals surface area contributed by atoms with E-state index in [9.17, 15) is 19.4 Å². The molecular weight excluding hydrogens is 1060 g/mol. The van der Waals surface area contributed by atoms with Gasteiger partial charge in [-0.1, -0.05) is 358 Å². The lowest BCUT2D eigenvalue weighted by atomic mass is 10.0. The zero-order valence-electron chi connectivity index (χ0n) is 56.9. The number of unbranched alkanes of at least 4 members (excludes halogenated alkanes) is 50. The first-order chi connectivity index (χ1) is 41.0. The fourth-order valence-corrected chi connectivity index (χ4v) is 12.0. The van der Waals surface area contributed by atoms with Crippen molar-refractivity contribution in [2.75, 3.05) is 40.9 Å². The predicted molar refractivity (Wildman–Crippen MR) is 369 cm³/mol. The van der Waals surface area contributed by atoms with Crippen molar-refractivity contribution < 1.29 is 32.9 Å². The number of hydrogen-bond donors (Lipinski definition) is 3. The van der Waals surface area contributed by atoms with Gasteiger partial charge in [-0.15, -0.1) is 0 Å². The molecule has 1 amide bonds. The molecule has 0 saturated heterocycles. The van der Waals surface area contributed by atoms with E-state index < -0.39 is 20.0 Å². The number of phosphoric acid groups is 1. The van der Waals surface area contributed by atoms with Crippen LogP contribution in [-0.2, 0) is 18.4 Å². The Morgan fingerprint density at radius 1 is 0.405 bits per heavy atom. The van der Waals surface area contributed by atoms with Gasteiger partial charge in [-0.2, -0.15) is 0 Å². The summed E-state index contributed by atoms with van der Waals surface area (Å²) in [6, 6.07) is -0.848. The third-order valence-corrected chi connectivity index (χ3v) is 18.0. The van der Waals surface area contributed by atoms with Gasteiger partial charge in [0.1, 0.15) is 13.2 Å². The maximum Gasteiger partial charge on any atom is 0.472 e. The fourth-order valence-electron chi connectivity index (χ4n) is 11.3. The van der Waals surface area contributed by atoms with E-state index in [0.717, 1.165) is 44.9 Å². The van der Waals surface area contributed by atoms with Crippen molar-refractivity contribution >= 4 is 13.7 Å². The first kappa shape index (κ1) is 82.5. The minimum absolute atomic E-state index is 0.0627. The van der Waals surface area contributed by atoms with Gasteiger partial charge in [-0.25, -0.2) is 4.57 Å². The van der Waals surface area contributed by atoms with Crippen LogP contribution in [0.1, 0.15) is 373 Å². The van der Waals surface area contributed by atoms with Gasteiger partial charge in [0, 0.05) is 6.42 Å². The minimum atomic E-state index is -4.36. The molecule has 496 valence electrons. The van der Waals surface area contributed by atoms with Gasteiger partial charge >= 0.3 is 7.82 Å². The Balaban J connectivity index is 4.02. The van der Waals surface area contributed by atoms with Gasteiger partial charge in [-0.05, 0) is 57.8 Å². The first-order valence-corrected chi connectivity index (χ1v) is 38.5. The lowest BCUT2D eigenvalue weighted by Crippen LogP contribution is -2.45. The fraction of sp³-hybridized carbons (Fsp3) is 0.880. The molecule has 0 aliphatic rings. The van der Waals surface area contributed by atoms with E-state index in [1.807, 2.05) is 27.2 Å². The largest absolute Gasteiger partial charge is 0.472 e. The molecule has 3 atom stereocenters. The second-order valence-corrected chi connectivity index (χ2v) is 28.1. The van der Waals surface area contributed by atoms with E-state index in [0.29, 0.717) is 17.4 Å². The van der Waals surface area contributed by atoms with E-state index in [-0.39, 0.29) is 19.1 Å². The third kappa shape index (κ3) is 68.0. The molecule has 9 heteroatoms. The average molecular weight is 1200 g/mol. The lowest BCUT2D eigenvalue weighted by molar-refractivity contribution is -0.870. The highest BCUT2D eigenvalue weighted by Crippen LogP contribution is 2.43. The second kappa shape index (κ2) is 65.9. The molecule has 3 unspecified atom stereocenters. The van der Waals surface area contributed by atoms with Crippen LogP contribution in [-0.4, -0.2) is 73.4 Å². The molecule has 3 N–H and O–H groups in total. The Labute approximate surface area is 524 Å². The Hall–Kier alpha value is -1.54. The quantitative estimate of drug-likeness (QED) is 0.0243. The number of likely N-dealkylation sites (N-methyl/N-ethyl adjacent to an activating group) is 1. The molecular formula is C75H146N2O6P+. The predicted octanol–water partition coefficient (Wildman–Crippen LogP) is 23.8. The highest BCUT2D eigenvalue weighted by Gasteiger charge is 2.28. The van der Waals surface area contributed by atoms with Gasteiger partial charge in [0.15, 0.2) is 0 Å². The van der Waals surface area contributed by atoms with Crippen molar-refractivity contribution in [3.63, 3.8) is 0 Å². The lowest BCUT2D eigenvalue weighted by Gasteiger charge is -2.25. The molecule has 84 heavy (non-hydrogen) atoms. The van der Waals surface area contributed by atoms with Crippen molar-refractivity contribution in [2.24, 2.45) is 0 Å². The summed E-state index contributed by atoms with van der Waals surface area (Å²) in [4.78, 5) is 23.5. The van der Waals surface area contributed by atoms with Crippen LogP contribution in [0.3, 0.4) is 0 Å². The van der Waals surface area contributed by atoms with Crippen LogP contribution in [0.5, 0.6) is 0 Å². The highest BCUT2D eigenvalue weighted by atomic mass is 31.2. The normalized spacial score (nSPS) is 13.8. The Kier molecular flexibility index (Phi) is 64.7. The number of aliphatic hydroxyl groups excluding tert-OH is 1. The van der Waals surface area contributed by atoms with E-state index >= 15 is 0 Å². The monoisotopic (exact) mass is 1200 g/mol. The number of phosphoric ester groups is 1. The zero-order chi connectivity index (χ0) is 61.2. The molecule has 0 bridgehead atoms. The number of allylic oxidation sites excluding steroid dienone is 7. The van der Waals surface area contributed by atoms with Crippen molar-refractivity contribution in [2.45, 2.75) is 386 Å². The maximum atomic E-state index is 13.1. The second-order valence-electron chi connectivity index (χ2n) is 26.7. The van der Waals surface area contributed by atoms with Crippen LogP contribution in [0.2, 0.25) is 0 Å². The summed E-state index contributed by atoms with van der Waals surface area (Å²) in [5, 5.41) is 14.0. The smallest absolute Gasteiger partial charge is 0.387 e. The minimum Gasteiger partial charge on any atom is -0.387 e. The van der Waals surface area contributed by atoms with Crippen molar-refractivity contribution in [3.8, 4) is 0 Å². The van der Waals surface area contributed by atoms with Crippen molar-refractivity contribution in [3.05, 3.63) is 48.6 Å². The van der Waals surface area contributed by atoms with Crippen LogP contribution in [0.15, 0.2) is 48.6 Å². The van der Waals surface area contributed by atoms with E-state index in [1.165, 1.54) is 308 Å². The molecule has 0 spiro atoms. The van der Waals surface area contributed by atoms with Gasteiger partial charge < -0.3 is 19.8 Å². The molecule has 0 aromatic rings. The summed E-state index contributed by atoms with van der Waals surface area (Å²) in [7, 11) is 1.59. The van der Waals surface area contributed by atoms with Gasteiger partial charge in [0.25, 0.3) is 0 Å². The number of nitrogens with zero attached hydrogens (tertiary/aromatic N) is 1. The summed E-state index contributed by atoms with van der Waals surface area (Å²) < 4.78 is 23.9. The molecule has 0 aromatic carbocycles. The Morgan fingerprint density at radius 3 is 0.988 bits per heavy atom. The molecule has 0 fully saturated rings. The number of aliphatic hydroxyl groups is 1.